The Labute approximate surface area is 125 Å². The van der Waals surface area contributed by atoms with Crippen LogP contribution in [0.3, 0.4) is 0 Å². The van der Waals surface area contributed by atoms with Gasteiger partial charge in [-0.1, -0.05) is 12.1 Å². The quantitative estimate of drug-likeness (QED) is 0.803. The van der Waals surface area contributed by atoms with Crippen LogP contribution in [0.25, 0.3) is 0 Å². The van der Waals surface area contributed by atoms with Gasteiger partial charge < -0.3 is 10.4 Å². The summed E-state index contributed by atoms with van der Waals surface area (Å²) >= 11 is 3.30. The number of amides is 2. The van der Waals surface area contributed by atoms with Crippen molar-refractivity contribution in [1.29, 1.82) is 0 Å². The molecule has 1 aromatic carbocycles. The minimum Gasteiger partial charge on any atom is -0.389 e. The second-order valence-electron chi connectivity index (χ2n) is 4.21. The molecule has 0 fully saturated rings. The van der Waals surface area contributed by atoms with Crippen LogP contribution in [-0.4, -0.2) is 16.1 Å². The van der Waals surface area contributed by atoms with Gasteiger partial charge in [0.1, 0.15) is 5.82 Å². The Morgan fingerprint density at radius 2 is 2.10 bits per heavy atom. The topological polar surface area (TPSA) is 74.2 Å². The number of nitrogens with one attached hydrogen (secondary N) is 2. The molecule has 0 radical (unpaired) electrons. The first kappa shape index (κ1) is 14.5. The van der Waals surface area contributed by atoms with Gasteiger partial charge in [0, 0.05) is 11.9 Å². The number of urea groups is 1. The molecular weight excluding hydrogens is 322 g/mol. The first-order valence-electron chi connectivity index (χ1n) is 6.03. The molecule has 0 saturated heterocycles. The van der Waals surface area contributed by atoms with E-state index in [0.717, 1.165) is 5.56 Å². The Bertz CT molecular complexity index is 617. The molecule has 0 saturated carbocycles. The van der Waals surface area contributed by atoms with Crippen molar-refractivity contribution >= 4 is 33.5 Å². The molecule has 5 nitrogen and oxygen atoms in total. The normalized spacial score (nSPS) is 11.8. The molecule has 0 aliphatic heterocycles. The van der Waals surface area contributed by atoms with Gasteiger partial charge in [-0.3, -0.25) is 5.32 Å². The Hall–Kier alpha value is -1.92. The van der Waals surface area contributed by atoms with E-state index in [4.69, 9.17) is 0 Å². The van der Waals surface area contributed by atoms with Crippen molar-refractivity contribution in [2.24, 2.45) is 0 Å². The summed E-state index contributed by atoms with van der Waals surface area (Å²) in [6, 6.07) is 10.2. The van der Waals surface area contributed by atoms with Crippen LogP contribution in [0.2, 0.25) is 0 Å². The number of carbonyl (C=O) groups is 1. The van der Waals surface area contributed by atoms with E-state index in [1.54, 1.807) is 49.5 Å². The SMILES string of the molecule is CC(O)c1cccc(NC(=O)Nc2ncccc2Br)c1. The molecule has 1 aromatic heterocycles. The zero-order chi connectivity index (χ0) is 14.5. The highest BCUT2D eigenvalue weighted by Crippen LogP contribution is 2.20. The maximum Gasteiger partial charge on any atom is 0.324 e. The molecule has 0 aliphatic carbocycles. The molecule has 2 rings (SSSR count). The summed E-state index contributed by atoms with van der Waals surface area (Å²) in [6.45, 7) is 1.67. The van der Waals surface area contributed by atoms with E-state index in [0.29, 0.717) is 16.0 Å². The van der Waals surface area contributed by atoms with Gasteiger partial charge in [0.2, 0.25) is 0 Å². The van der Waals surface area contributed by atoms with Gasteiger partial charge in [-0.05, 0) is 52.7 Å². The Balaban J connectivity index is 2.05. The van der Waals surface area contributed by atoms with E-state index in [2.05, 4.69) is 31.5 Å². The van der Waals surface area contributed by atoms with Crippen LogP contribution in [0.15, 0.2) is 47.1 Å². The Morgan fingerprint density at radius 3 is 2.80 bits per heavy atom. The van der Waals surface area contributed by atoms with Crippen molar-refractivity contribution in [2.45, 2.75) is 13.0 Å². The molecular formula is C14H14BrN3O2. The summed E-state index contributed by atoms with van der Waals surface area (Å²) in [5.41, 5.74) is 1.34. The summed E-state index contributed by atoms with van der Waals surface area (Å²) in [7, 11) is 0. The maximum absolute atomic E-state index is 11.9. The lowest BCUT2D eigenvalue weighted by atomic mass is 10.1. The molecule has 0 spiro atoms. The fourth-order valence-corrected chi connectivity index (χ4v) is 1.98. The first-order valence-corrected chi connectivity index (χ1v) is 6.82. The molecule has 2 aromatic rings. The lowest BCUT2D eigenvalue weighted by molar-refractivity contribution is 0.199. The van der Waals surface area contributed by atoms with E-state index in [9.17, 15) is 9.90 Å². The number of pyridine rings is 1. The number of aromatic nitrogens is 1. The second kappa shape index (κ2) is 6.49. The summed E-state index contributed by atoms with van der Waals surface area (Å²) in [6.07, 6.45) is 1.01. The van der Waals surface area contributed by atoms with Crippen molar-refractivity contribution in [3.63, 3.8) is 0 Å². The highest BCUT2D eigenvalue weighted by atomic mass is 79.9. The molecule has 0 aliphatic rings. The second-order valence-corrected chi connectivity index (χ2v) is 5.07. The molecule has 3 N–H and O–H groups in total. The number of hydrogen-bond acceptors (Lipinski definition) is 3. The fraction of sp³-hybridized carbons (Fsp3) is 0.143. The van der Waals surface area contributed by atoms with Gasteiger partial charge >= 0.3 is 6.03 Å². The number of aliphatic hydroxyl groups is 1. The van der Waals surface area contributed by atoms with Crippen molar-refractivity contribution in [3.05, 3.63) is 52.6 Å². The molecule has 1 atom stereocenters. The monoisotopic (exact) mass is 335 g/mol. The summed E-state index contributed by atoms with van der Waals surface area (Å²) < 4.78 is 0.702. The number of benzene rings is 1. The Morgan fingerprint density at radius 1 is 1.30 bits per heavy atom. The predicted molar refractivity (Wildman–Crippen MR) is 81.7 cm³/mol. The zero-order valence-corrected chi connectivity index (χ0v) is 12.4. The molecule has 1 unspecified atom stereocenters. The number of rotatable bonds is 3. The van der Waals surface area contributed by atoms with Crippen molar-refractivity contribution in [2.75, 3.05) is 10.6 Å². The van der Waals surface area contributed by atoms with Gasteiger partial charge in [0.15, 0.2) is 0 Å². The third-order valence-electron chi connectivity index (χ3n) is 2.62. The van der Waals surface area contributed by atoms with Gasteiger partial charge in [0.25, 0.3) is 0 Å². The van der Waals surface area contributed by atoms with Crippen LogP contribution in [-0.2, 0) is 0 Å². The maximum atomic E-state index is 11.9. The molecule has 2 amide bonds. The van der Waals surface area contributed by atoms with E-state index < -0.39 is 12.1 Å². The van der Waals surface area contributed by atoms with E-state index >= 15 is 0 Å². The number of anilines is 2. The number of nitrogens with zero attached hydrogens (tertiary/aromatic N) is 1. The minimum absolute atomic E-state index is 0.396. The predicted octanol–water partition coefficient (Wildman–Crippen LogP) is 3.54. The van der Waals surface area contributed by atoms with Gasteiger partial charge in [0.05, 0.1) is 10.6 Å². The number of halogens is 1. The first-order chi connectivity index (χ1) is 9.56. The van der Waals surface area contributed by atoms with Gasteiger partial charge in [-0.25, -0.2) is 9.78 Å². The number of aliphatic hydroxyl groups excluding tert-OH is 1. The Kier molecular flexibility index (Phi) is 4.70. The average molecular weight is 336 g/mol. The number of hydrogen-bond donors (Lipinski definition) is 3. The third-order valence-corrected chi connectivity index (χ3v) is 3.26. The molecule has 0 bridgehead atoms. The lowest BCUT2D eigenvalue weighted by Gasteiger charge is -2.10. The lowest BCUT2D eigenvalue weighted by Crippen LogP contribution is -2.20. The van der Waals surface area contributed by atoms with Crippen molar-refractivity contribution < 1.29 is 9.90 Å². The smallest absolute Gasteiger partial charge is 0.324 e. The van der Waals surface area contributed by atoms with Gasteiger partial charge in [-0.2, -0.15) is 0 Å². The average Bonchev–Trinajstić information content (AvgIpc) is 2.41. The van der Waals surface area contributed by atoms with Gasteiger partial charge in [-0.15, -0.1) is 0 Å². The van der Waals surface area contributed by atoms with Crippen LogP contribution >= 0.6 is 15.9 Å². The molecule has 20 heavy (non-hydrogen) atoms. The number of carbonyl (C=O) groups excluding carboxylic acids is 1. The largest absolute Gasteiger partial charge is 0.389 e. The summed E-state index contributed by atoms with van der Waals surface area (Å²) in [4.78, 5) is 15.9. The highest BCUT2D eigenvalue weighted by molar-refractivity contribution is 9.10. The van der Waals surface area contributed by atoms with Crippen LogP contribution < -0.4 is 10.6 Å². The summed E-state index contributed by atoms with van der Waals surface area (Å²) in [5.74, 6) is 0.441. The minimum atomic E-state index is -0.579. The highest BCUT2D eigenvalue weighted by Gasteiger charge is 2.07. The fourth-order valence-electron chi connectivity index (χ4n) is 1.62. The van der Waals surface area contributed by atoms with Crippen LogP contribution in [0.1, 0.15) is 18.6 Å². The van der Waals surface area contributed by atoms with Crippen LogP contribution in [0, 0.1) is 0 Å². The van der Waals surface area contributed by atoms with Crippen molar-refractivity contribution in [3.8, 4) is 0 Å². The van der Waals surface area contributed by atoms with Crippen LogP contribution in [0.4, 0.5) is 16.3 Å². The van der Waals surface area contributed by atoms with E-state index in [1.165, 1.54) is 0 Å². The molecule has 6 heteroatoms. The standard InChI is InChI=1S/C14H14BrN3O2/c1-9(19)10-4-2-5-11(8-10)17-14(20)18-13-12(15)6-3-7-16-13/h2-9,19H,1H3,(H2,16,17,18,20). The van der Waals surface area contributed by atoms with Crippen molar-refractivity contribution in [1.82, 2.24) is 4.98 Å². The molecule has 1 heterocycles. The van der Waals surface area contributed by atoms with E-state index in [1.807, 2.05) is 0 Å². The third kappa shape index (κ3) is 3.79. The summed E-state index contributed by atoms with van der Waals surface area (Å²) in [5, 5.41) is 14.8. The molecule has 104 valence electrons. The van der Waals surface area contributed by atoms with E-state index in [-0.39, 0.29) is 0 Å². The van der Waals surface area contributed by atoms with Crippen LogP contribution in [0.5, 0.6) is 0 Å². The zero-order valence-electron chi connectivity index (χ0n) is 10.8.